The van der Waals surface area contributed by atoms with Gasteiger partial charge in [-0.25, -0.2) is 38.5 Å². The molecule has 0 radical (unpaired) electrons. The van der Waals surface area contributed by atoms with E-state index in [9.17, 15) is 66.3 Å². The van der Waals surface area contributed by atoms with Crippen LogP contribution in [0.3, 0.4) is 0 Å². The minimum atomic E-state index is -4.93. The van der Waals surface area contributed by atoms with Crippen molar-refractivity contribution in [2.75, 3.05) is 82.9 Å². The summed E-state index contributed by atoms with van der Waals surface area (Å²) in [6, 6.07) is 7.81. The minimum absolute atomic E-state index is 0. The number of ether oxygens (including phenoxy) is 4. The number of amides is 2. The first-order chi connectivity index (χ1) is 34.7. The molecular weight excluding hydrogens is 1070 g/mol. The molecule has 0 aromatic heterocycles. The van der Waals surface area contributed by atoms with Gasteiger partial charge in [0.15, 0.2) is 12.3 Å². The molecule has 2 unspecified atom stereocenters. The summed E-state index contributed by atoms with van der Waals surface area (Å²) < 4.78 is 167. The van der Waals surface area contributed by atoms with Crippen LogP contribution in [0.5, 0.6) is 0 Å². The molecule has 3 heterocycles. The Balaban J connectivity index is 0.0000122. The number of fused-ring (bicyclic) bond motifs is 2. The molecule has 0 spiro atoms. The number of benzene rings is 2. The van der Waals surface area contributed by atoms with Gasteiger partial charge in [-0.05, 0) is 81.5 Å². The number of rotatable bonds is 30. The largest absolute Gasteiger partial charge is 0.748 e. The molecule has 27 heteroatoms. The molecule has 0 aliphatic carbocycles. The Morgan fingerprint density at radius 3 is 1.77 bits per heavy atom. The number of nitrogens with zero attached hydrogens (tertiary/aromatic N) is 3. The van der Waals surface area contributed by atoms with Gasteiger partial charge in [-0.1, -0.05) is 37.8 Å². The fourth-order valence-corrected chi connectivity index (χ4v) is 10.9. The molecule has 3 aliphatic heterocycles. The van der Waals surface area contributed by atoms with Crippen LogP contribution in [-0.4, -0.2) is 163 Å². The molecule has 5 rings (SSSR count). The maximum Gasteiger partial charge on any atom is 0.335 e. The van der Waals surface area contributed by atoms with Gasteiger partial charge in [-0.15, -0.1) is 5.06 Å². The van der Waals surface area contributed by atoms with Gasteiger partial charge in [0.05, 0.1) is 81.5 Å². The average Bonchev–Trinajstić information content (AvgIpc) is 3.83. The second-order valence-corrected chi connectivity index (χ2v) is 23.5. The first-order valence-corrected chi connectivity index (χ1v) is 29.2. The van der Waals surface area contributed by atoms with E-state index in [1.165, 1.54) is 37.4 Å². The van der Waals surface area contributed by atoms with Crippen LogP contribution in [-0.2, 0) is 89.5 Å². The molecule has 3 aliphatic rings. The molecule has 2 atom stereocenters. The van der Waals surface area contributed by atoms with E-state index in [-0.39, 0.29) is 112 Å². The summed E-state index contributed by atoms with van der Waals surface area (Å²) in [6.45, 7) is 4.79. The fourth-order valence-electron chi connectivity index (χ4n) is 8.91. The molecule has 0 saturated carbocycles. The molecule has 23 nitrogen and oxygen atoms in total. The predicted octanol–water partition coefficient (Wildman–Crippen LogP) is 3.16. The van der Waals surface area contributed by atoms with E-state index in [0.717, 1.165) is 6.07 Å². The van der Waals surface area contributed by atoms with E-state index in [1.807, 2.05) is 9.48 Å². The van der Waals surface area contributed by atoms with Crippen LogP contribution in [0.4, 0.5) is 11.4 Å². The van der Waals surface area contributed by atoms with E-state index in [1.54, 1.807) is 56.4 Å². The standard InChI is InChI=1S/C47H61N3O20S4.CH4/c1-46(20-9-31-71(54,55)56)37-33-35(73(60,61)62)13-15-39(37)48(22-25-66-3)41(46)11-7-5-4-6-8-12-42-47(2,21-10-32-72(57,58)59)38-34-36(74(63,64)65)14-16-40(38)49(42)23-26-68-28-30-69-29-27-67-24-19-45(53)70-50-43(51)17-18-44(50)52;/h4-8,11-16,33-34H,9-10,17-32H2,1-3H3,(H3-,54,55,56,57,58,59,60,61,62,63,64,65);1H4/p-3. The first kappa shape index (κ1) is 62.5. The Labute approximate surface area is 438 Å². The third kappa shape index (κ3) is 17.2. The zero-order valence-electron chi connectivity index (χ0n) is 40.9. The lowest BCUT2D eigenvalue weighted by Crippen LogP contribution is -2.32. The Morgan fingerprint density at radius 1 is 0.680 bits per heavy atom. The Bertz CT molecular complexity index is 3010. The Kier molecular flexibility index (Phi) is 22.4. The molecule has 0 bridgehead atoms. The molecule has 75 heavy (non-hydrogen) atoms. The zero-order chi connectivity index (χ0) is 54.5. The van der Waals surface area contributed by atoms with E-state index in [4.69, 9.17) is 23.8 Å². The minimum Gasteiger partial charge on any atom is -0.748 e. The van der Waals surface area contributed by atoms with Gasteiger partial charge in [0.25, 0.3) is 11.8 Å². The number of hydrogen-bond acceptors (Lipinski definition) is 21. The highest BCUT2D eigenvalue weighted by molar-refractivity contribution is 7.86. The van der Waals surface area contributed by atoms with Crippen molar-refractivity contribution in [1.82, 2.24) is 5.06 Å². The lowest BCUT2D eigenvalue weighted by atomic mass is 9.76. The molecule has 1 fully saturated rings. The van der Waals surface area contributed by atoms with Crippen molar-refractivity contribution >= 4 is 75.3 Å². The molecule has 0 N–H and O–H groups in total. The van der Waals surface area contributed by atoms with Crippen molar-refractivity contribution in [1.29, 1.82) is 0 Å². The number of anilines is 1. The summed E-state index contributed by atoms with van der Waals surface area (Å²) in [5.41, 5.74) is 0.879. The van der Waals surface area contributed by atoms with Crippen molar-refractivity contribution in [3.8, 4) is 0 Å². The van der Waals surface area contributed by atoms with Crippen LogP contribution in [0.1, 0.15) is 77.3 Å². The quantitative estimate of drug-likeness (QED) is 0.0356. The van der Waals surface area contributed by atoms with Crippen LogP contribution >= 0.6 is 0 Å². The predicted molar refractivity (Wildman–Crippen MR) is 267 cm³/mol. The zero-order valence-corrected chi connectivity index (χ0v) is 44.1. The van der Waals surface area contributed by atoms with E-state index in [0.29, 0.717) is 39.0 Å². The summed E-state index contributed by atoms with van der Waals surface area (Å²) in [4.78, 5) is 40.8. The summed E-state index contributed by atoms with van der Waals surface area (Å²) in [6.07, 6.45) is 11.5. The fraction of sp³-hybridized carbons (Fsp3) is 0.500. The molecular formula is C48H62N3O20S4-3. The number of carbonyl (C=O) groups is 3. The van der Waals surface area contributed by atoms with Crippen molar-refractivity contribution < 1.29 is 94.6 Å². The van der Waals surface area contributed by atoms with E-state index < -0.39 is 90.4 Å². The summed E-state index contributed by atoms with van der Waals surface area (Å²) in [5, 5.41) is 0.455. The van der Waals surface area contributed by atoms with E-state index in [2.05, 4.69) is 0 Å². The van der Waals surface area contributed by atoms with E-state index >= 15 is 0 Å². The number of hydroxylamine groups is 2. The van der Waals surface area contributed by atoms with Crippen molar-refractivity contribution in [2.24, 2.45) is 0 Å². The third-order valence-electron chi connectivity index (χ3n) is 12.5. The summed E-state index contributed by atoms with van der Waals surface area (Å²) >= 11 is 0. The molecule has 1 saturated heterocycles. The van der Waals surface area contributed by atoms with Crippen molar-refractivity contribution in [2.45, 2.75) is 86.8 Å². The maximum absolute atomic E-state index is 12.2. The average molecular weight is 1130 g/mol. The molecule has 2 amide bonds. The molecule has 2 aromatic rings. The molecule has 416 valence electrons. The third-order valence-corrected chi connectivity index (χ3v) is 15.7. The second-order valence-electron chi connectivity index (χ2n) is 17.7. The highest BCUT2D eigenvalue weighted by atomic mass is 32.2. The number of methoxy groups -OCH3 is 1. The normalized spacial score (nSPS) is 19.9. The summed E-state index contributed by atoms with van der Waals surface area (Å²) in [5.74, 6) is -3.36. The number of imide groups is 1. The van der Waals surface area contributed by atoms with Crippen molar-refractivity contribution in [3.05, 3.63) is 95.8 Å². The van der Waals surface area contributed by atoms with Gasteiger partial charge in [-0.2, -0.15) is 4.58 Å². The van der Waals surface area contributed by atoms with Crippen LogP contribution in [0.2, 0.25) is 0 Å². The topological polar surface area (TPSA) is 336 Å². The maximum atomic E-state index is 12.2. The highest BCUT2D eigenvalue weighted by Gasteiger charge is 2.48. The number of hydrogen-bond donors (Lipinski definition) is 0. The van der Waals surface area contributed by atoms with Gasteiger partial charge < -0.3 is 46.9 Å². The highest BCUT2D eigenvalue weighted by Crippen LogP contribution is 2.51. The van der Waals surface area contributed by atoms with Gasteiger partial charge >= 0.3 is 5.97 Å². The van der Waals surface area contributed by atoms with Crippen molar-refractivity contribution in [3.63, 3.8) is 0 Å². The monoisotopic (exact) mass is 1130 g/mol. The Morgan fingerprint density at radius 2 is 1.20 bits per heavy atom. The van der Waals surface area contributed by atoms with Crippen LogP contribution in [0.25, 0.3) is 0 Å². The van der Waals surface area contributed by atoms with Gasteiger partial charge in [-0.3, -0.25) is 9.59 Å². The van der Waals surface area contributed by atoms with Crippen LogP contribution < -0.4 is 4.90 Å². The van der Waals surface area contributed by atoms with Gasteiger partial charge in [0.2, 0.25) is 5.69 Å². The van der Waals surface area contributed by atoms with Gasteiger partial charge in [0.1, 0.15) is 26.8 Å². The lowest BCUT2D eigenvalue weighted by Gasteiger charge is -2.30. The smallest absolute Gasteiger partial charge is 0.335 e. The number of carbonyl (C=O) groups excluding carboxylic acids is 3. The Hall–Kier alpha value is -5.04. The van der Waals surface area contributed by atoms with Gasteiger partial charge in [0, 0.05) is 72.5 Å². The lowest BCUT2D eigenvalue weighted by molar-refractivity contribution is -0.442. The summed E-state index contributed by atoms with van der Waals surface area (Å²) in [7, 11) is -17.5. The SMILES string of the molecule is C.COCCN1C(=CC=CC=CC=CC2=[N+](CCOCCOCCOCCC(=O)ON3C(=O)CCC3=O)c3ccc(S(=O)(=O)[O-])cc3C2(C)CCCS(=O)(=O)[O-])C(C)(CCCS(=O)(=O)[O-])c2cc(S(=O)(=O)[O-])ccc21. The molecule has 2 aromatic carbocycles. The first-order valence-electron chi connectivity index (χ1n) is 23.2. The van der Waals surface area contributed by atoms with Crippen LogP contribution in [0, 0.1) is 0 Å². The number of allylic oxidation sites excluding steroid dienone is 8. The second kappa shape index (κ2) is 26.8. The van der Waals surface area contributed by atoms with Crippen LogP contribution in [0.15, 0.2) is 94.4 Å².